The summed E-state index contributed by atoms with van der Waals surface area (Å²) in [5.41, 5.74) is 7.08. The average Bonchev–Trinajstić information content (AvgIpc) is 2.48. The lowest BCUT2D eigenvalue weighted by molar-refractivity contribution is 0.112. The molecule has 0 fully saturated rings. The fourth-order valence-corrected chi connectivity index (χ4v) is 2.31. The van der Waals surface area contributed by atoms with Crippen molar-refractivity contribution in [1.82, 2.24) is 0 Å². The average molecular weight is 252 g/mol. The van der Waals surface area contributed by atoms with Crippen molar-refractivity contribution in [3.8, 4) is 22.6 Å². The summed E-state index contributed by atoms with van der Waals surface area (Å²) >= 11 is 0. The first kappa shape index (κ1) is 12.6. The van der Waals surface area contributed by atoms with E-state index in [1.807, 2.05) is 36.4 Å². The number of carbonyl (C=O) groups is 1. The molecule has 0 amide bonds. The molecule has 0 heterocycles. The Labute approximate surface area is 109 Å². The van der Waals surface area contributed by atoms with Gasteiger partial charge in [0, 0.05) is 11.1 Å². The maximum atomic E-state index is 11.1. The first-order chi connectivity index (χ1) is 8.51. The first-order valence-electron chi connectivity index (χ1n) is 6.01. The molecule has 2 heteroatoms. The number of hydrogen-bond donors (Lipinski definition) is 0. The number of rotatable bonds is 1. The molecule has 2 aliphatic rings. The lowest BCUT2D eigenvalue weighted by Gasteiger charge is -2.03. The molecule has 0 N–H and O–H groups in total. The van der Waals surface area contributed by atoms with Gasteiger partial charge >= 0.3 is 0 Å². The fourth-order valence-electron chi connectivity index (χ4n) is 1.80. The summed E-state index contributed by atoms with van der Waals surface area (Å²) in [5, 5.41) is 0. The highest BCUT2D eigenvalue weighted by molar-refractivity contribution is 6.83. The summed E-state index contributed by atoms with van der Waals surface area (Å²) in [6, 6.07) is 11.8. The molecule has 0 aromatic rings. The van der Waals surface area contributed by atoms with Gasteiger partial charge in [0.15, 0.2) is 6.29 Å². The van der Waals surface area contributed by atoms with Gasteiger partial charge in [0.25, 0.3) is 0 Å². The predicted octanol–water partition coefficient (Wildman–Crippen LogP) is 3.83. The van der Waals surface area contributed by atoms with Crippen LogP contribution in [0.2, 0.25) is 19.6 Å². The van der Waals surface area contributed by atoms with Gasteiger partial charge in [0.2, 0.25) is 0 Å². The standard InChI is InChI=1S/C16H16OSi/c1-18(2,3)10-9-13-11-14(12-17)16-8-6-4-5-7-15(13)16/h4-8,11-12H,1-3H3. The number of aldehydes is 1. The third-order valence-corrected chi connectivity index (χ3v) is 3.51. The Morgan fingerprint density at radius 3 is 2.33 bits per heavy atom. The Bertz CT molecular complexity index is 611. The number of fused-ring (bicyclic) bond motifs is 1. The van der Waals surface area contributed by atoms with Crippen LogP contribution in [0.25, 0.3) is 11.1 Å². The minimum Gasteiger partial charge on any atom is -0.298 e. The van der Waals surface area contributed by atoms with Crippen LogP contribution in [0.3, 0.4) is 0 Å². The number of carbonyl (C=O) groups excluding carboxylic acids is 1. The molecule has 0 atom stereocenters. The zero-order valence-electron chi connectivity index (χ0n) is 10.9. The molecule has 0 spiro atoms. The quantitative estimate of drug-likeness (QED) is 0.428. The van der Waals surface area contributed by atoms with Gasteiger partial charge in [-0.3, -0.25) is 4.79 Å². The van der Waals surface area contributed by atoms with E-state index < -0.39 is 8.07 Å². The van der Waals surface area contributed by atoms with Crippen LogP contribution in [0.4, 0.5) is 0 Å². The van der Waals surface area contributed by atoms with Crippen LogP contribution in [0, 0.1) is 11.5 Å². The Hall–Kier alpha value is -1.85. The highest BCUT2D eigenvalue weighted by Gasteiger charge is 2.13. The molecule has 0 bridgehead atoms. The van der Waals surface area contributed by atoms with Crippen molar-refractivity contribution in [1.29, 1.82) is 0 Å². The van der Waals surface area contributed by atoms with Crippen LogP contribution in [-0.2, 0) is 0 Å². The second kappa shape index (κ2) is 4.79. The van der Waals surface area contributed by atoms with Gasteiger partial charge in [-0.15, -0.1) is 5.54 Å². The predicted molar refractivity (Wildman–Crippen MR) is 78.7 cm³/mol. The van der Waals surface area contributed by atoms with Crippen molar-refractivity contribution < 1.29 is 4.79 Å². The van der Waals surface area contributed by atoms with Crippen LogP contribution in [-0.4, -0.2) is 14.4 Å². The lowest BCUT2D eigenvalue weighted by atomic mass is 10.1. The molecule has 18 heavy (non-hydrogen) atoms. The molecule has 0 aromatic heterocycles. The van der Waals surface area contributed by atoms with Crippen LogP contribution in [0.5, 0.6) is 0 Å². The molecule has 2 rings (SSSR count). The highest BCUT2D eigenvalue weighted by Crippen LogP contribution is 2.30. The maximum Gasteiger partial charge on any atom is 0.150 e. The molecule has 2 aliphatic carbocycles. The SMILES string of the molecule is C[Si](C)(C)C#Cc1cc(C=O)c2cccccc1-2. The monoisotopic (exact) mass is 252 g/mol. The van der Waals surface area contributed by atoms with Gasteiger partial charge in [0.05, 0.1) is 0 Å². The van der Waals surface area contributed by atoms with Gasteiger partial charge in [0.1, 0.15) is 8.07 Å². The van der Waals surface area contributed by atoms with Gasteiger partial charge in [-0.2, -0.15) is 0 Å². The normalized spacial score (nSPS) is 10.8. The smallest absolute Gasteiger partial charge is 0.150 e. The van der Waals surface area contributed by atoms with Gasteiger partial charge in [-0.05, 0) is 17.2 Å². The third-order valence-electron chi connectivity index (χ3n) is 2.64. The molecule has 1 nitrogen and oxygen atoms in total. The summed E-state index contributed by atoms with van der Waals surface area (Å²) in [7, 11) is -1.40. The van der Waals surface area contributed by atoms with Crippen molar-refractivity contribution in [2.45, 2.75) is 19.6 Å². The van der Waals surface area contributed by atoms with E-state index in [0.717, 1.165) is 28.5 Å². The molecule has 0 aliphatic heterocycles. The number of hydrogen-bond acceptors (Lipinski definition) is 1. The van der Waals surface area contributed by atoms with Gasteiger partial charge in [-0.1, -0.05) is 55.9 Å². The van der Waals surface area contributed by atoms with E-state index in [1.54, 1.807) is 0 Å². The fraction of sp³-hybridized carbons (Fsp3) is 0.188. The van der Waals surface area contributed by atoms with Crippen LogP contribution in [0.15, 0.2) is 36.4 Å². The van der Waals surface area contributed by atoms with E-state index in [-0.39, 0.29) is 0 Å². The van der Waals surface area contributed by atoms with Crippen LogP contribution < -0.4 is 0 Å². The second-order valence-electron chi connectivity index (χ2n) is 5.37. The van der Waals surface area contributed by atoms with E-state index in [9.17, 15) is 4.79 Å². The van der Waals surface area contributed by atoms with Crippen molar-refractivity contribution in [2.75, 3.05) is 0 Å². The molecular weight excluding hydrogens is 236 g/mol. The van der Waals surface area contributed by atoms with Crippen molar-refractivity contribution in [3.63, 3.8) is 0 Å². The first-order valence-corrected chi connectivity index (χ1v) is 9.51. The summed E-state index contributed by atoms with van der Waals surface area (Å²) in [5.74, 6) is 3.25. The minimum atomic E-state index is -1.40. The molecule has 0 radical (unpaired) electrons. The molecular formula is C16H16OSi. The molecule has 0 aromatic carbocycles. The molecule has 0 saturated carbocycles. The Morgan fingerprint density at radius 1 is 1.06 bits per heavy atom. The van der Waals surface area contributed by atoms with Gasteiger partial charge in [-0.25, -0.2) is 0 Å². The summed E-state index contributed by atoms with van der Waals surface area (Å²) in [6.45, 7) is 6.64. The van der Waals surface area contributed by atoms with Crippen molar-refractivity contribution in [2.24, 2.45) is 0 Å². The zero-order valence-corrected chi connectivity index (χ0v) is 11.9. The minimum absolute atomic E-state index is 0.723. The largest absolute Gasteiger partial charge is 0.298 e. The van der Waals surface area contributed by atoms with E-state index in [2.05, 4.69) is 31.1 Å². The molecule has 0 saturated heterocycles. The van der Waals surface area contributed by atoms with E-state index in [1.165, 1.54) is 0 Å². The Kier molecular flexibility index (Phi) is 3.36. The van der Waals surface area contributed by atoms with Crippen LogP contribution >= 0.6 is 0 Å². The zero-order chi connectivity index (χ0) is 13.2. The van der Waals surface area contributed by atoms with E-state index in [4.69, 9.17) is 0 Å². The lowest BCUT2D eigenvalue weighted by Crippen LogP contribution is -2.16. The van der Waals surface area contributed by atoms with Crippen molar-refractivity contribution in [3.05, 3.63) is 47.5 Å². The van der Waals surface area contributed by atoms with Gasteiger partial charge < -0.3 is 0 Å². The second-order valence-corrected chi connectivity index (χ2v) is 10.1. The van der Waals surface area contributed by atoms with E-state index in [0.29, 0.717) is 0 Å². The van der Waals surface area contributed by atoms with Crippen LogP contribution in [0.1, 0.15) is 15.9 Å². The summed E-state index contributed by atoms with van der Waals surface area (Å²) < 4.78 is 0. The highest BCUT2D eigenvalue weighted by atomic mass is 28.3. The van der Waals surface area contributed by atoms with E-state index >= 15 is 0 Å². The summed E-state index contributed by atoms with van der Waals surface area (Å²) in [6.07, 6.45) is 0.905. The molecule has 0 unspecified atom stereocenters. The van der Waals surface area contributed by atoms with Crippen molar-refractivity contribution >= 4 is 14.4 Å². The third kappa shape index (κ3) is 2.69. The Morgan fingerprint density at radius 2 is 1.72 bits per heavy atom. The maximum absolute atomic E-state index is 11.1. The summed E-state index contributed by atoms with van der Waals surface area (Å²) in [4.78, 5) is 11.1. The topological polar surface area (TPSA) is 17.1 Å². The molecule has 90 valence electrons. The Balaban J connectivity index is 2.60.